The van der Waals surface area contributed by atoms with Gasteiger partial charge in [-0.2, -0.15) is 0 Å². The van der Waals surface area contributed by atoms with Crippen LogP contribution in [0.4, 0.5) is 0 Å². The SMILES string of the molecule is Clc1cc(Br)ccc1COCc1ccc(Br)cc1. The number of hydrogen-bond acceptors (Lipinski definition) is 1. The summed E-state index contributed by atoms with van der Waals surface area (Å²) in [6, 6.07) is 13.9. The lowest BCUT2D eigenvalue weighted by molar-refractivity contribution is 0.107. The maximum atomic E-state index is 6.12. The molecule has 0 N–H and O–H groups in total. The fourth-order valence-corrected chi connectivity index (χ4v) is 2.49. The molecule has 0 fully saturated rings. The van der Waals surface area contributed by atoms with Crippen LogP contribution < -0.4 is 0 Å². The molecule has 0 aliphatic heterocycles. The average molecular weight is 391 g/mol. The minimum Gasteiger partial charge on any atom is -0.372 e. The van der Waals surface area contributed by atoms with Gasteiger partial charge in [0.05, 0.1) is 13.2 Å². The second-order valence-electron chi connectivity index (χ2n) is 3.85. The Morgan fingerprint density at radius 1 is 0.889 bits per heavy atom. The summed E-state index contributed by atoms with van der Waals surface area (Å²) in [7, 11) is 0. The van der Waals surface area contributed by atoms with Gasteiger partial charge in [0, 0.05) is 14.0 Å². The minimum absolute atomic E-state index is 0.516. The molecule has 0 amide bonds. The van der Waals surface area contributed by atoms with Gasteiger partial charge in [-0.15, -0.1) is 0 Å². The molecule has 1 nitrogen and oxygen atoms in total. The van der Waals surface area contributed by atoms with Crippen LogP contribution in [-0.2, 0) is 18.0 Å². The Morgan fingerprint density at radius 3 is 2.22 bits per heavy atom. The molecule has 0 unspecified atom stereocenters. The van der Waals surface area contributed by atoms with Crippen LogP contribution in [0.25, 0.3) is 0 Å². The lowest BCUT2D eigenvalue weighted by atomic mass is 10.2. The van der Waals surface area contributed by atoms with Gasteiger partial charge < -0.3 is 4.74 Å². The minimum atomic E-state index is 0.516. The first-order chi connectivity index (χ1) is 8.65. The van der Waals surface area contributed by atoms with Crippen molar-refractivity contribution in [1.82, 2.24) is 0 Å². The van der Waals surface area contributed by atoms with Crippen molar-refractivity contribution in [2.45, 2.75) is 13.2 Å². The highest BCUT2D eigenvalue weighted by atomic mass is 79.9. The molecule has 0 heterocycles. The number of hydrogen-bond donors (Lipinski definition) is 0. The second kappa shape index (κ2) is 6.71. The summed E-state index contributed by atoms with van der Waals surface area (Å²) in [4.78, 5) is 0. The summed E-state index contributed by atoms with van der Waals surface area (Å²) in [5, 5.41) is 0.722. The zero-order valence-electron chi connectivity index (χ0n) is 9.50. The predicted molar refractivity (Wildman–Crippen MR) is 81.8 cm³/mol. The van der Waals surface area contributed by atoms with Gasteiger partial charge in [0.1, 0.15) is 0 Å². The van der Waals surface area contributed by atoms with Crippen molar-refractivity contribution in [3.8, 4) is 0 Å². The zero-order valence-corrected chi connectivity index (χ0v) is 13.4. The van der Waals surface area contributed by atoms with Crippen LogP contribution in [0.2, 0.25) is 5.02 Å². The summed E-state index contributed by atoms with van der Waals surface area (Å²) in [5.74, 6) is 0. The van der Waals surface area contributed by atoms with Gasteiger partial charge in [0.2, 0.25) is 0 Å². The Kier molecular flexibility index (Phi) is 5.25. The summed E-state index contributed by atoms with van der Waals surface area (Å²) >= 11 is 12.9. The molecular weight excluding hydrogens is 379 g/mol. The van der Waals surface area contributed by atoms with Crippen LogP contribution >= 0.6 is 43.5 Å². The van der Waals surface area contributed by atoms with Crippen LogP contribution in [-0.4, -0.2) is 0 Å². The molecule has 0 aromatic heterocycles. The predicted octanol–water partition coefficient (Wildman–Crippen LogP) is 5.58. The van der Waals surface area contributed by atoms with Gasteiger partial charge in [-0.1, -0.05) is 61.7 Å². The topological polar surface area (TPSA) is 9.23 Å². The Bertz CT molecular complexity index is 526. The van der Waals surface area contributed by atoms with Crippen LogP contribution in [0, 0.1) is 0 Å². The van der Waals surface area contributed by atoms with E-state index in [1.54, 1.807) is 0 Å². The molecule has 0 aliphatic carbocycles. The monoisotopic (exact) mass is 388 g/mol. The van der Waals surface area contributed by atoms with E-state index in [2.05, 4.69) is 31.9 Å². The molecule has 4 heteroatoms. The van der Waals surface area contributed by atoms with E-state index in [1.165, 1.54) is 0 Å². The molecular formula is C14H11Br2ClO. The highest BCUT2D eigenvalue weighted by Crippen LogP contribution is 2.22. The molecule has 0 saturated carbocycles. The number of halogens is 3. The normalized spacial score (nSPS) is 10.6. The van der Waals surface area contributed by atoms with E-state index in [0.717, 1.165) is 25.1 Å². The van der Waals surface area contributed by atoms with Crippen molar-refractivity contribution < 1.29 is 4.74 Å². The van der Waals surface area contributed by atoms with Crippen molar-refractivity contribution in [2.75, 3.05) is 0 Å². The Hall–Kier alpha value is -0.350. The lowest BCUT2D eigenvalue weighted by Crippen LogP contribution is -1.94. The maximum Gasteiger partial charge on any atom is 0.0735 e. The third kappa shape index (κ3) is 4.09. The van der Waals surface area contributed by atoms with E-state index >= 15 is 0 Å². The first-order valence-electron chi connectivity index (χ1n) is 5.41. The van der Waals surface area contributed by atoms with E-state index in [1.807, 2.05) is 42.5 Å². The molecule has 18 heavy (non-hydrogen) atoms. The van der Waals surface area contributed by atoms with Gasteiger partial charge in [0.25, 0.3) is 0 Å². The van der Waals surface area contributed by atoms with E-state index in [4.69, 9.17) is 16.3 Å². The van der Waals surface area contributed by atoms with Gasteiger partial charge in [-0.3, -0.25) is 0 Å². The first kappa shape index (κ1) is 14.1. The molecule has 0 spiro atoms. The van der Waals surface area contributed by atoms with Crippen molar-refractivity contribution in [3.05, 3.63) is 67.6 Å². The largest absolute Gasteiger partial charge is 0.372 e. The van der Waals surface area contributed by atoms with E-state index in [0.29, 0.717) is 13.2 Å². The van der Waals surface area contributed by atoms with E-state index in [9.17, 15) is 0 Å². The van der Waals surface area contributed by atoms with E-state index < -0.39 is 0 Å². The van der Waals surface area contributed by atoms with Crippen molar-refractivity contribution >= 4 is 43.5 Å². The van der Waals surface area contributed by atoms with Gasteiger partial charge in [-0.05, 0) is 35.4 Å². The number of ether oxygens (including phenoxy) is 1. The van der Waals surface area contributed by atoms with Crippen LogP contribution in [0.5, 0.6) is 0 Å². The molecule has 0 bridgehead atoms. The smallest absolute Gasteiger partial charge is 0.0735 e. The third-order valence-electron chi connectivity index (χ3n) is 2.45. The lowest BCUT2D eigenvalue weighted by Gasteiger charge is -2.07. The summed E-state index contributed by atoms with van der Waals surface area (Å²) in [6.45, 7) is 1.10. The van der Waals surface area contributed by atoms with Crippen LogP contribution in [0.3, 0.4) is 0 Å². The van der Waals surface area contributed by atoms with Gasteiger partial charge in [-0.25, -0.2) is 0 Å². The molecule has 94 valence electrons. The molecule has 0 aliphatic rings. The Balaban J connectivity index is 1.90. The Labute approximate surface area is 128 Å². The van der Waals surface area contributed by atoms with Gasteiger partial charge >= 0.3 is 0 Å². The first-order valence-corrected chi connectivity index (χ1v) is 7.37. The standard InChI is InChI=1S/C14H11Br2ClO/c15-12-4-1-10(2-5-12)8-18-9-11-3-6-13(16)7-14(11)17/h1-7H,8-9H2. The fraction of sp³-hybridized carbons (Fsp3) is 0.143. The number of benzene rings is 2. The zero-order chi connectivity index (χ0) is 13.0. The molecule has 2 aromatic rings. The van der Waals surface area contributed by atoms with E-state index in [-0.39, 0.29) is 0 Å². The fourth-order valence-electron chi connectivity index (χ4n) is 1.50. The van der Waals surface area contributed by atoms with Crippen LogP contribution in [0.15, 0.2) is 51.4 Å². The maximum absolute atomic E-state index is 6.12. The molecule has 2 aromatic carbocycles. The van der Waals surface area contributed by atoms with Gasteiger partial charge in [0.15, 0.2) is 0 Å². The average Bonchev–Trinajstić information content (AvgIpc) is 2.34. The van der Waals surface area contributed by atoms with Crippen molar-refractivity contribution in [3.63, 3.8) is 0 Å². The molecule has 0 radical (unpaired) electrons. The molecule has 0 atom stereocenters. The highest BCUT2D eigenvalue weighted by Gasteiger charge is 2.01. The second-order valence-corrected chi connectivity index (χ2v) is 6.09. The number of rotatable bonds is 4. The quantitative estimate of drug-likeness (QED) is 0.662. The van der Waals surface area contributed by atoms with Crippen molar-refractivity contribution in [1.29, 1.82) is 0 Å². The van der Waals surface area contributed by atoms with Crippen molar-refractivity contribution in [2.24, 2.45) is 0 Å². The molecule has 0 saturated heterocycles. The van der Waals surface area contributed by atoms with Crippen LogP contribution in [0.1, 0.15) is 11.1 Å². The Morgan fingerprint density at radius 2 is 1.56 bits per heavy atom. The summed E-state index contributed by atoms with van der Waals surface area (Å²) < 4.78 is 7.70. The highest BCUT2D eigenvalue weighted by molar-refractivity contribution is 9.10. The third-order valence-corrected chi connectivity index (χ3v) is 3.83. The summed E-state index contributed by atoms with van der Waals surface area (Å²) in [5.41, 5.74) is 2.14. The summed E-state index contributed by atoms with van der Waals surface area (Å²) in [6.07, 6.45) is 0. The molecule has 2 rings (SSSR count).